The third kappa shape index (κ3) is 5.42. The Hall–Kier alpha value is -3.32. The normalized spacial score (nSPS) is 16.4. The maximum absolute atomic E-state index is 13.8. The maximum Gasteiger partial charge on any atom is 0.410 e. The van der Waals surface area contributed by atoms with E-state index in [1.807, 2.05) is 79.6 Å². The number of hydrogen-bond acceptors (Lipinski definition) is 5. The van der Waals surface area contributed by atoms with Crippen LogP contribution in [0.2, 0.25) is 0 Å². The predicted molar refractivity (Wildman–Crippen MR) is 134 cm³/mol. The molecule has 6 nitrogen and oxygen atoms in total. The Balaban J connectivity index is 1.61. The Labute approximate surface area is 204 Å². The van der Waals surface area contributed by atoms with Gasteiger partial charge in [-0.2, -0.15) is 0 Å². The standard InChI is InChI=1S/C27H30N2O4S/c1-27(2,3)33-26(32)28-14-15-29(20(18-28)17-19-9-5-4-6-10-19)25(31)24-22(13-16-34-24)21-11-7-8-12-23(21)30/h4-13,16,20,30H,14-15,17-18H2,1-3H3/t20-/m1/s1. The van der Waals surface area contributed by atoms with Gasteiger partial charge in [0, 0.05) is 30.8 Å². The molecule has 0 bridgehead atoms. The van der Waals surface area contributed by atoms with Gasteiger partial charge in [-0.1, -0.05) is 48.5 Å². The molecule has 0 spiro atoms. The van der Waals surface area contributed by atoms with E-state index in [2.05, 4.69) is 0 Å². The summed E-state index contributed by atoms with van der Waals surface area (Å²) in [4.78, 5) is 30.7. The number of thiophene rings is 1. The van der Waals surface area contributed by atoms with Crippen LogP contribution in [0.4, 0.5) is 4.79 Å². The monoisotopic (exact) mass is 478 g/mol. The van der Waals surface area contributed by atoms with Crippen molar-refractivity contribution in [3.05, 3.63) is 76.5 Å². The summed E-state index contributed by atoms with van der Waals surface area (Å²) >= 11 is 1.37. The van der Waals surface area contributed by atoms with Gasteiger partial charge in [-0.15, -0.1) is 11.3 Å². The van der Waals surface area contributed by atoms with Crippen LogP contribution in [0.15, 0.2) is 66.0 Å². The minimum absolute atomic E-state index is 0.0852. The summed E-state index contributed by atoms with van der Waals surface area (Å²) in [5.41, 5.74) is 1.88. The highest BCUT2D eigenvalue weighted by atomic mass is 32.1. The lowest BCUT2D eigenvalue weighted by molar-refractivity contribution is 0.00449. The predicted octanol–water partition coefficient (Wildman–Crippen LogP) is 5.42. The minimum atomic E-state index is -0.581. The molecule has 1 aliphatic heterocycles. The second-order valence-electron chi connectivity index (χ2n) is 9.45. The van der Waals surface area contributed by atoms with E-state index in [0.29, 0.717) is 36.5 Å². The van der Waals surface area contributed by atoms with Crippen molar-refractivity contribution < 1.29 is 19.4 Å². The van der Waals surface area contributed by atoms with E-state index in [0.717, 1.165) is 11.1 Å². The molecule has 4 rings (SSSR count). The number of carbonyl (C=O) groups is 2. The van der Waals surface area contributed by atoms with Crippen molar-refractivity contribution in [2.45, 2.75) is 38.8 Å². The zero-order chi connectivity index (χ0) is 24.3. The molecule has 2 amide bonds. The number of carbonyl (C=O) groups excluding carboxylic acids is 2. The fourth-order valence-corrected chi connectivity index (χ4v) is 5.06. The van der Waals surface area contributed by atoms with Crippen molar-refractivity contribution in [1.29, 1.82) is 0 Å². The van der Waals surface area contributed by atoms with Gasteiger partial charge in [0.1, 0.15) is 11.4 Å². The van der Waals surface area contributed by atoms with Crippen LogP contribution < -0.4 is 0 Å². The molecular weight excluding hydrogens is 448 g/mol. The smallest absolute Gasteiger partial charge is 0.410 e. The van der Waals surface area contributed by atoms with Crippen molar-refractivity contribution in [3.63, 3.8) is 0 Å². The molecule has 2 heterocycles. The topological polar surface area (TPSA) is 70.1 Å². The molecule has 0 aliphatic carbocycles. The first-order valence-electron chi connectivity index (χ1n) is 11.4. The number of aromatic hydroxyl groups is 1. The highest BCUT2D eigenvalue weighted by molar-refractivity contribution is 7.12. The third-order valence-corrected chi connectivity index (χ3v) is 6.67. The minimum Gasteiger partial charge on any atom is -0.507 e. The molecule has 1 aromatic heterocycles. The molecule has 0 saturated carbocycles. The van der Waals surface area contributed by atoms with Crippen molar-refractivity contribution >= 4 is 23.3 Å². The number of piperazine rings is 1. The zero-order valence-corrected chi connectivity index (χ0v) is 20.5. The number of ether oxygens (including phenoxy) is 1. The van der Waals surface area contributed by atoms with Gasteiger partial charge in [-0.05, 0) is 50.3 Å². The lowest BCUT2D eigenvalue weighted by Crippen LogP contribution is -2.57. The van der Waals surface area contributed by atoms with Gasteiger partial charge in [0.05, 0.1) is 10.9 Å². The number of amides is 2. The lowest BCUT2D eigenvalue weighted by atomic mass is 10.0. The van der Waals surface area contributed by atoms with Gasteiger partial charge < -0.3 is 19.6 Å². The average molecular weight is 479 g/mol. The first-order chi connectivity index (χ1) is 16.2. The largest absolute Gasteiger partial charge is 0.507 e. The molecule has 0 radical (unpaired) electrons. The molecule has 3 aromatic rings. The first kappa shape index (κ1) is 23.8. The van der Waals surface area contributed by atoms with E-state index >= 15 is 0 Å². The Morgan fingerprint density at radius 3 is 2.41 bits per heavy atom. The van der Waals surface area contributed by atoms with E-state index in [4.69, 9.17) is 4.74 Å². The molecule has 1 saturated heterocycles. The number of hydrogen-bond donors (Lipinski definition) is 1. The van der Waals surface area contributed by atoms with E-state index in [9.17, 15) is 14.7 Å². The van der Waals surface area contributed by atoms with Crippen molar-refractivity contribution in [1.82, 2.24) is 9.80 Å². The Morgan fingerprint density at radius 2 is 1.71 bits per heavy atom. The summed E-state index contributed by atoms with van der Waals surface area (Å²) in [6, 6.07) is 18.7. The van der Waals surface area contributed by atoms with Gasteiger partial charge in [0.25, 0.3) is 5.91 Å². The van der Waals surface area contributed by atoms with Crippen molar-refractivity contribution in [3.8, 4) is 16.9 Å². The quantitative estimate of drug-likeness (QED) is 0.543. The van der Waals surface area contributed by atoms with Crippen LogP contribution in [0.3, 0.4) is 0 Å². The van der Waals surface area contributed by atoms with Crippen LogP contribution in [0.5, 0.6) is 5.75 Å². The van der Waals surface area contributed by atoms with Crippen LogP contribution in [0.25, 0.3) is 11.1 Å². The van der Waals surface area contributed by atoms with Crippen LogP contribution in [0.1, 0.15) is 36.0 Å². The van der Waals surface area contributed by atoms with Crippen LogP contribution >= 0.6 is 11.3 Å². The molecule has 0 unspecified atom stereocenters. The number of phenolic OH excluding ortho intramolecular Hbond substituents is 1. The highest BCUT2D eigenvalue weighted by Gasteiger charge is 2.36. The van der Waals surface area contributed by atoms with Crippen LogP contribution in [-0.2, 0) is 11.2 Å². The number of rotatable bonds is 4. The zero-order valence-electron chi connectivity index (χ0n) is 19.7. The summed E-state index contributed by atoms with van der Waals surface area (Å²) in [7, 11) is 0. The van der Waals surface area contributed by atoms with Gasteiger partial charge in [-0.3, -0.25) is 4.79 Å². The van der Waals surface area contributed by atoms with Crippen molar-refractivity contribution in [2.24, 2.45) is 0 Å². The van der Waals surface area contributed by atoms with Gasteiger partial charge in [0.2, 0.25) is 0 Å². The summed E-state index contributed by atoms with van der Waals surface area (Å²) in [6.45, 7) is 6.76. The Morgan fingerprint density at radius 1 is 1.00 bits per heavy atom. The van der Waals surface area contributed by atoms with Crippen molar-refractivity contribution in [2.75, 3.05) is 19.6 Å². The molecule has 1 atom stereocenters. The maximum atomic E-state index is 13.8. The van der Waals surface area contributed by atoms with E-state index in [1.165, 1.54) is 11.3 Å². The van der Waals surface area contributed by atoms with E-state index in [-0.39, 0.29) is 23.8 Å². The number of phenols is 1. The molecule has 7 heteroatoms. The fraction of sp³-hybridized carbons (Fsp3) is 0.333. The summed E-state index contributed by atoms with van der Waals surface area (Å²) in [5.74, 6) is 0.0588. The van der Waals surface area contributed by atoms with Crippen LogP contribution in [0, 0.1) is 0 Å². The molecule has 178 valence electrons. The average Bonchev–Trinajstić information content (AvgIpc) is 3.28. The van der Waals surface area contributed by atoms with Gasteiger partial charge in [-0.25, -0.2) is 4.79 Å². The van der Waals surface area contributed by atoms with Gasteiger partial charge >= 0.3 is 6.09 Å². The summed E-state index contributed by atoms with van der Waals surface area (Å²) in [5, 5.41) is 12.2. The molecule has 34 heavy (non-hydrogen) atoms. The Bertz CT molecular complexity index is 1150. The second-order valence-corrected chi connectivity index (χ2v) is 10.4. The van der Waals surface area contributed by atoms with E-state index in [1.54, 1.807) is 17.0 Å². The highest BCUT2D eigenvalue weighted by Crippen LogP contribution is 2.35. The van der Waals surface area contributed by atoms with Gasteiger partial charge in [0.15, 0.2) is 0 Å². The molecule has 1 fully saturated rings. The van der Waals surface area contributed by atoms with Crippen LogP contribution in [-0.4, -0.2) is 58.2 Å². The molecular formula is C27H30N2O4S. The fourth-order valence-electron chi connectivity index (χ4n) is 4.19. The second kappa shape index (κ2) is 9.89. The molecule has 2 aromatic carbocycles. The number of para-hydroxylation sites is 1. The summed E-state index contributed by atoms with van der Waals surface area (Å²) < 4.78 is 5.59. The van der Waals surface area contributed by atoms with E-state index < -0.39 is 5.60 Å². The first-order valence-corrected chi connectivity index (χ1v) is 12.3. The SMILES string of the molecule is CC(C)(C)OC(=O)N1CCN(C(=O)c2sccc2-c2ccccc2O)[C@H](Cc2ccccc2)C1. The third-order valence-electron chi connectivity index (χ3n) is 5.76. The Kier molecular flexibility index (Phi) is 6.93. The lowest BCUT2D eigenvalue weighted by Gasteiger charge is -2.41. The molecule has 1 N–H and O–H groups in total. The number of nitrogens with zero attached hydrogens (tertiary/aromatic N) is 2. The summed E-state index contributed by atoms with van der Waals surface area (Å²) in [6.07, 6.45) is 0.270. The molecule has 1 aliphatic rings. The number of benzene rings is 2.